The maximum absolute atomic E-state index is 13.1. The molecule has 0 aliphatic carbocycles. The number of carbonyl (C=O) groups excluding carboxylic acids is 2. The van der Waals surface area contributed by atoms with Gasteiger partial charge in [-0.1, -0.05) is 19.1 Å². The van der Waals surface area contributed by atoms with Crippen LogP contribution in [0.1, 0.15) is 54.8 Å². The van der Waals surface area contributed by atoms with Gasteiger partial charge in [0.2, 0.25) is 0 Å². The lowest BCUT2D eigenvalue weighted by Gasteiger charge is -2.46. The lowest BCUT2D eigenvalue weighted by Crippen LogP contribution is -2.70. The predicted molar refractivity (Wildman–Crippen MR) is 97.4 cm³/mol. The molecule has 0 aromatic heterocycles. The van der Waals surface area contributed by atoms with Crippen LogP contribution in [0.3, 0.4) is 0 Å². The SMILES string of the molecule is CCO[Si](OCC)(OCC)C(CC)[N+]1([S-])C(=O)c2ccccc2C1=O. The van der Waals surface area contributed by atoms with Gasteiger partial charge >= 0.3 is 20.6 Å². The summed E-state index contributed by atoms with van der Waals surface area (Å²) >= 11 is 5.66. The lowest BCUT2D eigenvalue weighted by molar-refractivity contribution is -0.636. The highest BCUT2D eigenvalue weighted by atomic mass is 32.1. The van der Waals surface area contributed by atoms with Crippen molar-refractivity contribution in [2.45, 2.75) is 39.8 Å². The molecule has 1 aromatic rings. The third-order valence-electron chi connectivity index (χ3n) is 4.26. The van der Waals surface area contributed by atoms with Crippen LogP contribution < -0.4 is 0 Å². The van der Waals surface area contributed by atoms with E-state index >= 15 is 0 Å². The monoisotopic (exact) mass is 383 g/mol. The first-order chi connectivity index (χ1) is 11.9. The Kier molecular flexibility index (Phi) is 6.58. The Morgan fingerprint density at radius 3 is 1.64 bits per heavy atom. The molecular formula is C17H25NO5SSi. The summed E-state index contributed by atoms with van der Waals surface area (Å²) in [7, 11) is -3.36. The first kappa shape index (κ1) is 20.3. The summed E-state index contributed by atoms with van der Waals surface area (Å²) in [6, 6.07) is 6.74. The van der Waals surface area contributed by atoms with E-state index in [1.54, 1.807) is 24.3 Å². The van der Waals surface area contributed by atoms with Crippen molar-refractivity contribution in [3.05, 3.63) is 35.4 Å². The summed E-state index contributed by atoms with van der Waals surface area (Å²) in [6.45, 7) is 8.45. The molecule has 25 heavy (non-hydrogen) atoms. The maximum atomic E-state index is 13.1. The standard InChI is InChI=1S/C17H25NO5SSi/c1-5-15(25(21-6-2,22-7-3)23-8-4)18(24)16(19)13-11-9-10-12-14(13)17(18)20/h9-12,15H,5-8H2,1-4H3. The van der Waals surface area contributed by atoms with Crippen LogP contribution in [0.15, 0.2) is 24.3 Å². The largest absolute Gasteiger partial charge is 0.562 e. The van der Waals surface area contributed by atoms with Gasteiger partial charge in [-0.2, -0.15) is 0 Å². The molecule has 8 heteroatoms. The minimum atomic E-state index is -3.36. The number of imide groups is 1. The topological polar surface area (TPSA) is 61.8 Å². The van der Waals surface area contributed by atoms with Gasteiger partial charge in [0.1, 0.15) is 0 Å². The average molecular weight is 384 g/mol. The van der Waals surface area contributed by atoms with Crippen LogP contribution in [-0.2, 0) is 26.1 Å². The van der Waals surface area contributed by atoms with E-state index < -0.39 is 30.2 Å². The Morgan fingerprint density at radius 2 is 1.32 bits per heavy atom. The summed E-state index contributed by atoms with van der Waals surface area (Å²) in [5, 5.41) is 0. The van der Waals surface area contributed by atoms with E-state index in [1.807, 2.05) is 27.7 Å². The number of nitrogens with zero attached hydrogens (tertiary/aromatic N) is 1. The number of hydrogen-bond donors (Lipinski definition) is 0. The quantitative estimate of drug-likeness (QED) is 0.283. The highest BCUT2D eigenvalue weighted by Crippen LogP contribution is 2.37. The van der Waals surface area contributed by atoms with Crippen molar-refractivity contribution in [1.29, 1.82) is 0 Å². The molecule has 6 nitrogen and oxygen atoms in total. The van der Waals surface area contributed by atoms with Gasteiger partial charge in [0.25, 0.3) is 0 Å². The van der Waals surface area contributed by atoms with Crippen LogP contribution in [0.25, 0.3) is 0 Å². The third-order valence-corrected chi connectivity index (χ3v) is 8.72. The van der Waals surface area contributed by atoms with Gasteiger partial charge in [-0.3, -0.25) is 3.89 Å². The highest BCUT2D eigenvalue weighted by molar-refractivity contribution is 7.53. The fraction of sp³-hybridized carbons (Fsp3) is 0.529. The number of benzene rings is 1. The maximum Gasteiger partial charge on any atom is 0.562 e. The molecular weight excluding hydrogens is 358 g/mol. The Labute approximate surface area is 155 Å². The van der Waals surface area contributed by atoms with E-state index in [4.69, 9.17) is 26.1 Å². The smallest absolute Gasteiger partial charge is 0.475 e. The predicted octanol–water partition coefficient (Wildman–Crippen LogP) is 2.63. The molecule has 0 fully saturated rings. The molecule has 1 aromatic carbocycles. The summed E-state index contributed by atoms with van der Waals surface area (Å²) in [5.74, 6) is -0.808. The number of quaternary nitrogens is 1. The Bertz CT molecular complexity index is 602. The van der Waals surface area contributed by atoms with Gasteiger partial charge < -0.3 is 26.1 Å². The molecule has 0 saturated carbocycles. The molecule has 1 unspecified atom stereocenters. The van der Waals surface area contributed by atoms with E-state index in [1.165, 1.54) is 0 Å². The van der Waals surface area contributed by atoms with Crippen molar-refractivity contribution >= 4 is 33.4 Å². The van der Waals surface area contributed by atoms with Gasteiger partial charge in [0, 0.05) is 26.2 Å². The zero-order valence-electron chi connectivity index (χ0n) is 15.1. The molecule has 1 atom stereocenters. The van der Waals surface area contributed by atoms with Gasteiger partial charge in [-0.25, -0.2) is 9.59 Å². The minimum Gasteiger partial charge on any atom is -0.475 e. The van der Waals surface area contributed by atoms with Crippen molar-refractivity contribution in [2.24, 2.45) is 0 Å². The Morgan fingerprint density at radius 1 is 0.920 bits per heavy atom. The zero-order valence-corrected chi connectivity index (χ0v) is 16.9. The number of amides is 2. The fourth-order valence-corrected chi connectivity index (χ4v) is 7.28. The second-order valence-electron chi connectivity index (χ2n) is 5.64. The first-order valence-corrected chi connectivity index (χ1v) is 10.8. The highest BCUT2D eigenvalue weighted by Gasteiger charge is 2.63. The van der Waals surface area contributed by atoms with Crippen LogP contribution in [-0.4, -0.2) is 50.0 Å². The van der Waals surface area contributed by atoms with Crippen LogP contribution in [0.4, 0.5) is 0 Å². The summed E-state index contributed by atoms with van der Waals surface area (Å²) in [6.07, 6.45) is 0.432. The lowest BCUT2D eigenvalue weighted by atomic mass is 10.1. The molecule has 0 spiro atoms. The first-order valence-electron chi connectivity index (χ1n) is 8.63. The van der Waals surface area contributed by atoms with E-state index in [9.17, 15) is 9.59 Å². The van der Waals surface area contributed by atoms with Gasteiger partial charge in [-0.05, 0) is 32.9 Å². The Balaban J connectivity index is 2.58. The van der Waals surface area contributed by atoms with Crippen LogP contribution in [0.2, 0.25) is 0 Å². The summed E-state index contributed by atoms with van der Waals surface area (Å²) in [4.78, 5) is 26.2. The summed E-state index contributed by atoms with van der Waals surface area (Å²) < 4.78 is 17.0. The van der Waals surface area contributed by atoms with Crippen LogP contribution in [0, 0.1) is 0 Å². The molecule has 1 aliphatic heterocycles. The molecule has 2 rings (SSSR count). The van der Waals surface area contributed by atoms with E-state index in [0.29, 0.717) is 37.4 Å². The molecule has 138 valence electrons. The molecule has 0 saturated heterocycles. The van der Waals surface area contributed by atoms with Crippen molar-refractivity contribution in [3.63, 3.8) is 0 Å². The third kappa shape index (κ3) is 3.22. The van der Waals surface area contributed by atoms with Crippen molar-refractivity contribution < 1.29 is 26.8 Å². The molecule has 2 amide bonds. The number of rotatable bonds is 9. The van der Waals surface area contributed by atoms with Crippen molar-refractivity contribution in [2.75, 3.05) is 19.8 Å². The second-order valence-corrected chi connectivity index (χ2v) is 8.96. The fourth-order valence-electron chi connectivity index (χ4n) is 3.34. The molecule has 0 bridgehead atoms. The zero-order chi connectivity index (χ0) is 18.7. The molecule has 0 radical (unpaired) electrons. The second kappa shape index (κ2) is 8.11. The average Bonchev–Trinajstić information content (AvgIpc) is 2.79. The van der Waals surface area contributed by atoms with E-state index in [0.717, 1.165) is 0 Å². The van der Waals surface area contributed by atoms with E-state index in [-0.39, 0.29) is 0 Å². The molecule has 0 N–H and O–H groups in total. The van der Waals surface area contributed by atoms with Gasteiger partial charge in [0.05, 0.1) is 11.1 Å². The van der Waals surface area contributed by atoms with Crippen molar-refractivity contribution in [1.82, 2.24) is 0 Å². The number of fused-ring (bicyclic) bond motifs is 1. The Hall–Kier alpha value is -1.03. The minimum absolute atomic E-state index is 0.355. The number of carbonyl (C=O) groups is 2. The van der Waals surface area contributed by atoms with Crippen LogP contribution in [0.5, 0.6) is 0 Å². The molecule has 1 aliphatic rings. The normalized spacial score (nSPS) is 17.6. The van der Waals surface area contributed by atoms with Gasteiger partial charge in [0.15, 0.2) is 5.67 Å². The molecule has 1 heterocycles. The van der Waals surface area contributed by atoms with E-state index in [2.05, 4.69) is 0 Å². The summed E-state index contributed by atoms with van der Waals surface area (Å²) in [5.41, 5.74) is 0.0384. The van der Waals surface area contributed by atoms with Crippen molar-refractivity contribution in [3.8, 4) is 0 Å². The van der Waals surface area contributed by atoms with Crippen LogP contribution >= 0.6 is 0 Å². The number of hydrogen-bond acceptors (Lipinski definition) is 6. The van der Waals surface area contributed by atoms with Gasteiger partial charge in [-0.15, -0.1) is 0 Å².